The zero-order valence-corrected chi connectivity index (χ0v) is 17.5. The van der Waals surface area contributed by atoms with Gasteiger partial charge in [0, 0.05) is 36.6 Å². The highest BCUT2D eigenvalue weighted by Gasteiger charge is 2.27. The summed E-state index contributed by atoms with van der Waals surface area (Å²) < 4.78 is 11.5. The maximum absolute atomic E-state index is 12.4. The van der Waals surface area contributed by atoms with Crippen LogP contribution >= 0.6 is 11.6 Å². The standard InChI is InChI=1S/C20H24ClN5O3/c1-20(2,3)29-19(27)26-8-4-7-25(9-10-26)17-16-15(23-18(22)24-17)13-11-12(21)5-6-14(13)28-16/h5-6,11H,4,7-10H2,1-3H3,(H2,22,23,24). The van der Waals surface area contributed by atoms with Crippen molar-refractivity contribution in [3.05, 3.63) is 23.2 Å². The highest BCUT2D eigenvalue weighted by Crippen LogP contribution is 2.35. The van der Waals surface area contributed by atoms with Crippen LogP contribution in [0.3, 0.4) is 0 Å². The summed E-state index contributed by atoms with van der Waals surface area (Å²) >= 11 is 6.14. The molecular formula is C20H24ClN5O3. The van der Waals surface area contributed by atoms with Gasteiger partial charge in [0.25, 0.3) is 0 Å². The molecule has 0 radical (unpaired) electrons. The number of nitrogen functional groups attached to an aromatic ring is 1. The molecule has 1 aromatic carbocycles. The molecule has 2 N–H and O–H groups in total. The van der Waals surface area contributed by atoms with E-state index < -0.39 is 5.60 Å². The molecule has 1 saturated heterocycles. The summed E-state index contributed by atoms with van der Waals surface area (Å²) in [4.78, 5) is 25.1. The number of rotatable bonds is 1. The van der Waals surface area contributed by atoms with E-state index in [0.717, 1.165) is 11.8 Å². The van der Waals surface area contributed by atoms with Gasteiger partial charge >= 0.3 is 6.09 Å². The molecule has 0 bridgehead atoms. The molecule has 0 saturated carbocycles. The van der Waals surface area contributed by atoms with Crippen LogP contribution in [0, 0.1) is 0 Å². The third-order valence-corrected chi connectivity index (χ3v) is 4.96. The number of nitrogens with zero attached hydrogens (tertiary/aromatic N) is 4. The summed E-state index contributed by atoms with van der Waals surface area (Å²) in [6, 6.07) is 5.39. The summed E-state index contributed by atoms with van der Waals surface area (Å²) in [5.74, 6) is 0.800. The Morgan fingerprint density at radius 2 is 2.00 bits per heavy atom. The van der Waals surface area contributed by atoms with Crippen molar-refractivity contribution in [1.29, 1.82) is 0 Å². The van der Waals surface area contributed by atoms with E-state index in [1.165, 1.54) is 0 Å². The molecule has 1 fully saturated rings. The number of amides is 1. The number of anilines is 2. The number of hydrogen-bond acceptors (Lipinski definition) is 7. The second kappa shape index (κ2) is 7.26. The normalized spacial score (nSPS) is 15.7. The van der Waals surface area contributed by atoms with E-state index in [4.69, 9.17) is 26.5 Å². The molecule has 3 aromatic rings. The maximum atomic E-state index is 12.4. The molecule has 3 heterocycles. The number of carbonyl (C=O) groups excluding carboxylic acids is 1. The van der Waals surface area contributed by atoms with Crippen molar-refractivity contribution in [2.45, 2.75) is 32.8 Å². The summed E-state index contributed by atoms with van der Waals surface area (Å²) in [6.07, 6.45) is 0.474. The van der Waals surface area contributed by atoms with Crippen molar-refractivity contribution in [3.8, 4) is 0 Å². The van der Waals surface area contributed by atoms with Crippen molar-refractivity contribution >= 4 is 51.5 Å². The first-order valence-corrected chi connectivity index (χ1v) is 9.97. The predicted octanol–water partition coefficient (Wildman–Crippen LogP) is 4.06. The molecular weight excluding hydrogens is 394 g/mol. The van der Waals surface area contributed by atoms with Crippen LogP contribution in [0.4, 0.5) is 16.6 Å². The van der Waals surface area contributed by atoms with E-state index in [2.05, 4.69) is 14.9 Å². The molecule has 4 rings (SSSR count). The second-order valence-electron chi connectivity index (χ2n) is 8.13. The number of hydrogen-bond donors (Lipinski definition) is 1. The number of benzene rings is 1. The predicted molar refractivity (Wildman–Crippen MR) is 113 cm³/mol. The lowest BCUT2D eigenvalue weighted by Gasteiger charge is -2.26. The Hall–Kier alpha value is -2.74. The average Bonchev–Trinajstić information content (AvgIpc) is 2.82. The van der Waals surface area contributed by atoms with Crippen molar-refractivity contribution in [2.24, 2.45) is 0 Å². The molecule has 9 heteroatoms. The van der Waals surface area contributed by atoms with E-state index in [0.29, 0.717) is 53.7 Å². The van der Waals surface area contributed by atoms with Crippen LogP contribution in [-0.2, 0) is 4.74 Å². The van der Waals surface area contributed by atoms with Gasteiger partial charge in [0.05, 0.1) is 0 Å². The smallest absolute Gasteiger partial charge is 0.410 e. The van der Waals surface area contributed by atoms with Gasteiger partial charge in [-0.05, 0) is 45.4 Å². The van der Waals surface area contributed by atoms with Gasteiger partial charge in [-0.1, -0.05) is 11.6 Å². The Morgan fingerprint density at radius 3 is 2.76 bits per heavy atom. The van der Waals surface area contributed by atoms with E-state index in [9.17, 15) is 4.79 Å². The molecule has 8 nitrogen and oxygen atoms in total. The Balaban J connectivity index is 1.65. The lowest BCUT2D eigenvalue weighted by atomic mass is 10.2. The number of aromatic nitrogens is 2. The van der Waals surface area contributed by atoms with E-state index >= 15 is 0 Å². The van der Waals surface area contributed by atoms with Gasteiger partial charge in [-0.2, -0.15) is 4.98 Å². The van der Waals surface area contributed by atoms with Crippen LogP contribution in [0.5, 0.6) is 0 Å². The van der Waals surface area contributed by atoms with Crippen LogP contribution in [-0.4, -0.2) is 52.7 Å². The van der Waals surface area contributed by atoms with Crippen LogP contribution in [0.1, 0.15) is 27.2 Å². The number of fused-ring (bicyclic) bond motifs is 3. The first kappa shape index (κ1) is 19.6. The number of carbonyl (C=O) groups is 1. The van der Waals surface area contributed by atoms with Crippen LogP contribution in [0.25, 0.3) is 22.1 Å². The molecule has 0 spiro atoms. The summed E-state index contributed by atoms with van der Waals surface area (Å²) in [6.45, 7) is 8.03. The van der Waals surface area contributed by atoms with Crippen LogP contribution in [0.2, 0.25) is 5.02 Å². The average molecular weight is 418 g/mol. The lowest BCUT2D eigenvalue weighted by Crippen LogP contribution is -2.39. The molecule has 2 aromatic heterocycles. The monoisotopic (exact) mass is 417 g/mol. The summed E-state index contributed by atoms with van der Waals surface area (Å²) in [7, 11) is 0. The van der Waals surface area contributed by atoms with Crippen LogP contribution in [0.15, 0.2) is 22.6 Å². The van der Waals surface area contributed by atoms with E-state index in [1.807, 2.05) is 32.9 Å². The molecule has 29 heavy (non-hydrogen) atoms. The Labute approximate surface area is 173 Å². The van der Waals surface area contributed by atoms with Gasteiger partial charge in [0.2, 0.25) is 5.95 Å². The zero-order valence-electron chi connectivity index (χ0n) is 16.7. The highest BCUT2D eigenvalue weighted by molar-refractivity contribution is 6.31. The topological polar surface area (TPSA) is 97.7 Å². The quantitative estimate of drug-likeness (QED) is 0.637. The fourth-order valence-corrected chi connectivity index (χ4v) is 3.64. The molecule has 1 aliphatic heterocycles. The largest absolute Gasteiger partial charge is 0.450 e. The molecule has 0 atom stereocenters. The Bertz CT molecular complexity index is 1080. The van der Waals surface area contributed by atoms with E-state index in [1.54, 1.807) is 11.0 Å². The van der Waals surface area contributed by atoms with Gasteiger partial charge in [-0.25, -0.2) is 9.78 Å². The van der Waals surface area contributed by atoms with Gasteiger partial charge in [0.15, 0.2) is 11.4 Å². The number of halogens is 1. The molecule has 0 unspecified atom stereocenters. The van der Waals surface area contributed by atoms with Crippen molar-refractivity contribution in [1.82, 2.24) is 14.9 Å². The van der Waals surface area contributed by atoms with Crippen molar-refractivity contribution in [3.63, 3.8) is 0 Å². The zero-order chi connectivity index (χ0) is 20.8. The van der Waals surface area contributed by atoms with Crippen LogP contribution < -0.4 is 10.6 Å². The van der Waals surface area contributed by atoms with E-state index in [-0.39, 0.29) is 12.0 Å². The highest BCUT2D eigenvalue weighted by atomic mass is 35.5. The number of furan rings is 1. The maximum Gasteiger partial charge on any atom is 0.410 e. The van der Waals surface area contributed by atoms with Gasteiger partial charge in [-0.15, -0.1) is 0 Å². The fraction of sp³-hybridized carbons (Fsp3) is 0.450. The van der Waals surface area contributed by atoms with Crippen molar-refractivity contribution in [2.75, 3.05) is 36.8 Å². The first-order valence-electron chi connectivity index (χ1n) is 9.59. The summed E-state index contributed by atoms with van der Waals surface area (Å²) in [5, 5.41) is 1.40. The lowest BCUT2D eigenvalue weighted by molar-refractivity contribution is 0.0263. The van der Waals surface area contributed by atoms with Gasteiger partial charge in [-0.3, -0.25) is 0 Å². The molecule has 154 valence electrons. The summed E-state index contributed by atoms with van der Waals surface area (Å²) in [5.41, 5.74) is 7.36. The Morgan fingerprint density at radius 1 is 1.21 bits per heavy atom. The van der Waals surface area contributed by atoms with Gasteiger partial charge < -0.3 is 24.7 Å². The number of nitrogens with two attached hydrogens (primary N) is 1. The van der Waals surface area contributed by atoms with Crippen molar-refractivity contribution < 1.29 is 13.9 Å². The molecule has 1 amide bonds. The third kappa shape index (κ3) is 4.03. The minimum atomic E-state index is -0.522. The minimum Gasteiger partial charge on any atom is -0.450 e. The third-order valence-electron chi connectivity index (χ3n) is 4.72. The minimum absolute atomic E-state index is 0.170. The first-order chi connectivity index (χ1) is 13.7. The molecule has 0 aliphatic carbocycles. The Kier molecular flexibility index (Phi) is 4.90. The second-order valence-corrected chi connectivity index (χ2v) is 8.57. The fourth-order valence-electron chi connectivity index (χ4n) is 3.47. The van der Waals surface area contributed by atoms with Gasteiger partial charge in [0.1, 0.15) is 16.7 Å². The molecule has 1 aliphatic rings. The SMILES string of the molecule is CC(C)(C)OC(=O)N1CCCN(c2nc(N)nc3c2oc2ccc(Cl)cc23)CC1. The number of ether oxygens (including phenoxy) is 1.